The number of hydrazine groups is 1. The van der Waals surface area contributed by atoms with Gasteiger partial charge in [0.1, 0.15) is 5.54 Å². The van der Waals surface area contributed by atoms with Gasteiger partial charge in [0.15, 0.2) is 5.50 Å². The molecule has 3 rings (SSSR count). The van der Waals surface area contributed by atoms with Crippen LogP contribution in [0.1, 0.15) is 12.5 Å². The molecule has 5 heteroatoms. The van der Waals surface area contributed by atoms with Gasteiger partial charge in [0, 0.05) is 5.69 Å². The number of benzene rings is 2. The molecule has 0 spiro atoms. The topological polar surface area (TPSA) is 49.6 Å². The number of amides is 1. The molecule has 2 N–H and O–H groups in total. The number of anilines is 1. The van der Waals surface area contributed by atoms with Crippen LogP contribution in [0.5, 0.6) is 0 Å². The summed E-state index contributed by atoms with van der Waals surface area (Å²) in [5.74, 6) is 6.36. The lowest BCUT2D eigenvalue weighted by Gasteiger charge is -2.30. The fourth-order valence-electron chi connectivity index (χ4n) is 2.88. The van der Waals surface area contributed by atoms with Crippen molar-refractivity contribution in [3.05, 3.63) is 66.2 Å². The van der Waals surface area contributed by atoms with Gasteiger partial charge in [0.2, 0.25) is 0 Å². The van der Waals surface area contributed by atoms with Crippen molar-refractivity contribution in [2.75, 3.05) is 11.2 Å². The van der Waals surface area contributed by atoms with Crippen molar-refractivity contribution in [3.8, 4) is 0 Å². The van der Waals surface area contributed by atoms with Crippen molar-refractivity contribution in [2.24, 2.45) is 5.84 Å². The molecule has 0 radical (unpaired) electrons. The molecule has 4 nitrogen and oxygen atoms in total. The molecule has 0 aromatic heterocycles. The van der Waals surface area contributed by atoms with E-state index in [1.54, 1.807) is 21.7 Å². The summed E-state index contributed by atoms with van der Waals surface area (Å²) in [5, 5.41) is 1.66. The smallest absolute Gasteiger partial charge is 0.255 e. The van der Waals surface area contributed by atoms with Crippen molar-refractivity contribution >= 4 is 23.4 Å². The minimum atomic E-state index is -0.870. The molecule has 0 bridgehead atoms. The first-order valence-corrected chi connectivity index (χ1v) is 8.40. The van der Waals surface area contributed by atoms with Crippen LogP contribution in [0.3, 0.4) is 0 Å². The average Bonchev–Trinajstić information content (AvgIpc) is 2.78. The molecule has 1 fully saturated rings. The Morgan fingerprint density at radius 1 is 1.05 bits per heavy atom. The fourth-order valence-corrected chi connectivity index (χ4v) is 3.74. The van der Waals surface area contributed by atoms with Gasteiger partial charge in [0.05, 0.1) is 0 Å². The molecule has 1 heterocycles. The van der Waals surface area contributed by atoms with Gasteiger partial charge in [-0.15, -0.1) is 11.8 Å². The number of nitrogens with two attached hydrogens (primary N) is 1. The third kappa shape index (κ3) is 2.13. The van der Waals surface area contributed by atoms with E-state index in [0.29, 0.717) is 0 Å². The predicted octanol–water partition coefficient (Wildman–Crippen LogP) is 2.77. The van der Waals surface area contributed by atoms with E-state index in [1.165, 1.54) is 0 Å². The molecule has 22 heavy (non-hydrogen) atoms. The van der Waals surface area contributed by atoms with E-state index in [0.717, 1.165) is 11.3 Å². The SMILES string of the molecule is CSC1N(c2ccccc2)C(=O)C(C)(c2ccccc2)N1N. The van der Waals surface area contributed by atoms with Crippen LogP contribution in [0.4, 0.5) is 5.69 Å². The summed E-state index contributed by atoms with van der Waals surface area (Å²) < 4.78 is 0. The van der Waals surface area contributed by atoms with Crippen LogP contribution in [0.2, 0.25) is 0 Å². The van der Waals surface area contributed by atoms with E-state index in [4.69, 9.17) is 5.84 Å². The Bertz CT molecular complexity index is 664. The van der Waals surface area contributed by atoms with Gasteiger partial charge in [-0.3, -0.25) is 15.5 Å². The van der Waals surface area contributed by atoms with Crippen molar-refractivity contribution < 1.29 is 4.79 Å². The van der Waals surface area contributed by atoms with Crippen LogP contribution in [-0.4, -0.2) is 22.7 Å². The zero-order valence-electron chi connectivity index (χ0n) is 12.6. The molecule has 0 saturated carbocycles. The lowest BCUT2D eigenvalue weighted by Crippen LogP contribution is -2.49. The van der Waals surface area contributed by atoms with E-state index in [2.05, 4.69) is 0 Å². The lowest BCUT2D eigenvalue weighted by atomic mass is 9.91. The van der Waals surface area contributed by atoms with Gasteiger partial charge in [0.25, 0.3) is 5.91 Å². The van der Waals surface area contributed by atoms with Crippen molar-refractivity contribution in [3.63, 3.8) is 0 Å². The van der Waals surface area contributed by atoms with E-state index in [-0.39, 0.29) is 11.4 Å². The lowest BCUT2D eigenvalue weighted by molar-refractivity contribution is -0.124. The monoisotopic (exact) mass is 313 g/mol. The van der Waals surface area contributed by atoms with Crippen LogP contribution in [0, 0.1) is 0 Å². The highest BCUT2D eigenvalue weighted by Crippen LogP contribution is 2.42. The van der Waals surface area contributed by atoms with Gasteiger partial charge in [-0.2, -0.15) is 5.01 Å². The summed E-state index contributed by atoms with van der Waals surface area (Å²) in [6, 6.07) is 19.4. The van der Waals surface area contributed by atoms with E-state index >= 15 is 0 Å². The second kappa shape index (κ2) is 5.76. The fraction of sp³-hybridized carbons (Fsp3) is 0.235. The van der Waals surface area contributed by atoms with Crippen LogP contribution >= 0.6 is 11.8 Å². The molecule has 2 aromatic rings. The van der Waals surface area contributed by atoms with Gasteiger partial charge in [-0.1, -0.05) is 48.5 Å². The van der Waals surface area contributed by atoms with E-state index in [1.807, 2.05) is 73.8 Å². The number of nitrogens with zero attached hydrogens (tertiary/aromatic N) is 2. The Morgan fingerprint density at radius 2 is 1.59 bits per heavy atom. The summed E-state index contributed by atoms with van der Waals surface area (Å²) in [5.41, 5.74) is 0.659. The molecule has 0 aliphatic carbocycles. The highest BCUT2D eigenvalue weighted by atomic mass is 32.2. The maximum atomic E-state index is 13.2. The summed E-state index contributed by atoms with van der Waals surface area (Å²) in [4.78, 5) is 15.0. The quantitative estimate of drug-likeness (QED) is 0.885. The first-order chi connectivity index (χ1) is 10.6. The second-order valence-corrected chi connectivity index (χ2v) is 6.31. The molecule has 114 valence electrons. The Morgan fingerprint density at radius 3 is 2.14 bits per heavy atom. The number of thioether (sulfide) groups is 1. The molecule has 1 aliphatic heterocycles. The summed E-state index contributed by atoms with van der Waals surface area (Å²) in [7, 11) is 0. The largest absolute Gasteiger partial charge is 0.284 e. The highest BCUT2D eigenvalue weighted by molar-refractivity contribution is 7.99. The van der Waals surface area contributed by atoms with Gasteiger partial charge >= 0.3 is 0 Å². The normalized spacial score (nSPS) is 25.7. The number of rotatable bonds is 3. The third-order valence-electron chi connectivity index (χ3n) is 4.19. The van der Waals surface area contributed by atoms with Gasteiger partial charge in [-0.25, -0.2) is 0 Å². The molecular weight excluding hydrogens is 294 g/mol. The number of hydrogen-bond donors (Lipinski definition) is 1. The minimum absolute atomic E-state index is 0.00764. The van der Waals surface area contributed by atoms with Crippen molar-refractivity contribution in [1.29, 1.82) is 0 Å². The molecule has 2 unspecified atom stereocenters. The highest BCUT2D eigenvalue weighted by Gasteiger charge is 2.55. The molecule has 1 aliphatic rings. The first kappa shape index (κ1) is 15.1. The maximum absolute atomic E-state index is 13.2. The van der Waals surface area contributed by atoms with E-state index < -0.39 is 5.54 Å². The van der Waals surface area contributed by atoms with Crippen LogP contribution < -0.4 is 10.7 Å². The number of carbonyl (C=O) groups excluding carboxylic acids is 1. The molecule has 1 saturated heterocycles. The third-order valence-corrected chi connectivity index (χ3v) is 5.05. The average molecular weight is 313 g/mol. The van der Waals surface area contributed by atoms with Crippen molar-refractivity contribution in [2.45, 2.75) is 18.0 Å². The van der Waals surface area contributed by atoms with Crippen molar-refractivity contribution in [1.82, 2.24) is 5.01 Å². The second-order valence-electron chi connectivity index (χ2n) is 5.42. The van der Waals surface area contributed by atoms with Crippen LogP contribution in [0.15, 0.2) is 60.7 Å². The van der Waals surface area contributed by atoms with Gasteiger partial charge in [-0.05, 0) is 30.9 Å². The minimum Gasteiger partial charge on any atom is -0.284 e. The van der Waals surface area contributed by atoms with Crippen LogP contribution in [0.25, 0.3) is 0 Å². The Balaban J connectivity index is 2.10. The molecule has 2 atom stereocenters. The van der Waals surface area contributed by atoms with E-state index in [9.17, 15) is 4.79 Å². The first-order valence-electron chi connectivity index (χ1n) is 7.11. The van der Waals surface area contributed by atoms with Gasteiger partial charge < -0.3 is 0 Å². The summed E-state index contributed by atoms with van der Waals surface area (Å²) in [6.07, 6.45) is 1.96. The zero-order chi connectivity index (χ0) is 15.7. The zero-order valence-corrected chi connectivity index (χ0v) is 13.5. The Labute approximate surface area is 134 Å². The predicted molar refractivity (Wildman–Crippen MR) is 91.1 cm³/mol. The number of carbonyl (C=O) groups is 1. The summed E-state index contributed by atoms with van der Waals surface area (Å²) in [6.45, 7) is 1.89. The number of hydrogen-bond acceptors (Lipinski definition) is 4. The Kier molecular flexibility index (Phi) is 3.95. The standard InChI is InChI=1S/C17H19N3OS/c1-17(13-9-5-3-6-10-13)15(21)19(16(22-2)20(17)18)14-11-7-4-8-12-14/h3-12,16H,18H2,1-2H3. The Hall–Kier alpha value is -1.82. The maximum Gasteiger partial charge on any atom is 0.255 e. The molecule has 1 amide bonds. The molecular formula is C17H19N3OS. The summed E-state index contributed by atoms with van der Waals surface area (Å²) >= 11 is 1.55. The van der Waals surface area contributed by atoms with Crippen LogP contribution in [-0.2, 0) is 10.3 Å². The molecule has 2 aromatic carbocycles. The number of para-hydroxylation sites is 1.